The third-order valence-corrected chi connectivity index (χ3v) is 6.03. The fourth-order valence-corrected chi connectivity index (χ4v) is 4.08. The van der Waals surface area contributed by atoms with Gasteiger partial charge in [-0.05, 0) is 54.1 Å². The van der Waals surface area contributed by atoms with Gasteiger partial charge < -0.3 is 29.4 Å². The van der Waals surface area contributed by atoms with E-state index in [-0.39, 0.29) is 25.4 Å². The molecule has 3 aromatic carbocycles. The molecule has 2 amide bonds. The first kappa shape index (κ1) is 22.6. The van der Waals surface area contributed by atoms with Crippen molar-refractivity contribution >= 4 is 34.2 Å². The van der Waals surface area contributed by atoms with Crippen LogP contribution in [0.2, 0.25) is 5.02 Å². The van der Waals surface area contributed by atoms with Gasteiger partial charge in [-0.25, -0.2) is 4.79 Å². The molecular weight excluding hydrogens is 470 g/mol. The summed E-state index contributed by atoms with van der Waals surface area (Å²) in [4.78, 5) is 30.6. The van der Waals surface area contributed by atoms with Crippen molar-refractivity contribution in [3.05, 3.63) is 93.2 Å². The molecule has 4 aromatic rings. The van der Waals surface area contributed by atoms with Crippen LogP contribution in [-0.4, -0.2) is 29.8 Å². The van der Waals surface area contributed by atoms with E-state index >= 15 is 0 Å². The second-order valence-corrected chi connectivity index (χ2v) is 8.44. The van der Waals surface area contributed by atoms with Crippen LogP contribution in [0.5, 0.6) is 17.2 Å². The fraction of sp³-hybridized carbons (Fsp3) is 0.154. The normalized spacial score (nSPS) is 11.9. The highest BCUT2D eigenvalue weighted by atomic mass is 35.5. The van der Waals surface area contributed by atoms with E-state index < -0.39 is 6.03 Å². The number of benzene rings is 3. The number of rotatable bonds is 6. The summed E-state index contributed by atoms with van der Waals surface area (Å²) in [5.74, 6) is 1.94. The predicted octanol–water partition coefficient (Wildman–Crippen LogP) is 5.15. The van der Waals surface area contributed by atoms with E-state index in [0.717, 1.165) is 10.9 Å². The average molecular weight is 492 g/mol. The van der Waals surface area contributed by atoms with E-state index in [9.17, 15) is 9.59 Å². The number of hydrogen-bond donors (Lipinski definition) is 2. The van der Waals surface area contributed by atoms with Crippen LogP contribution < -0.4 is 25.1 Å². The minimum Gasteiger partial charge on any atom is -0.497 e. The number of aromatic nitrogens is 1. The summed E-state index contributed by atoms with van der Waals surface area (Å²) in [7, 11) is 1.58. The number of nitrogens with zero attached hydrogens (tertiary/aromatic N) is 1. The number of H-pyrrole nitrogens is 1. The van der Waals surface area contributed by atoms with Crippen LogP contribution in [0.3, 0.4) is 0 Å². The summed E-state index contributed by atoms with van der Waals surface area (Å²) >= 11 is 6.25. The minimum absolute atomic E-state index is 0.0627. The topological polar surface area (TPSA) is 92.9 Å². The number of carbonyl (C=O) groups is 1. The molecule has 178 valence electrons. The molecule has 0 spiro atoms. The van der Waals surface area contributed by atoms with Crippen LogP contribution in [0.1, 0.15) is 11.1 Å². The summed E-state index contributed by atoms with van der Waals surface area (Å²) in [6.07, 6.45) is 0. The predicted molar refractivity (Wildman–Crippen MR) is 133 cm³/mol. The molecule has 1 aromatic heterocycles. The summed E-state index contributed by atoms with van der Waals surface area (Å²) in [6.45, 7) is 0.446. The second kappa shape index (κ2) is 9.60. The average Bonchev–Trinajstić information content (AvgIpc) is 3.33. The van der Waals surface area contributed by atoms with Gasteiger partial charge in [-0.3, -0.25) is 4.79 Å². The molecule has 0 radical (unpaired) electrons. The SMILES string of the molecule is COc1ccc2[nH]c(=O)c(CN(Cc3ccc4c(c3)OCO4)C(=O)Nc3ccccc3Cl)cc2c1. The van der Waals surface area contributed by atoms with Crippen molar-refractivity contribution in [3.63, 3.8) is 0 Å². The Morgan fingerprint density at radius 1 is 1.06 bits per heavy atom. The van der Waals surface area contributed by atoms with Gasteiger partial charge in [0, 0.05) is 23.0 Å². The van der Waals surface area contributed by atoms with Gasteiger partial charge in [-0.1, -0.05) is 29.8 Å². The molecule has 9 heteroatoms. The molecule has 1 aliphatic heterocycles. The molecule has 0 bridgehead atoms. The van der Waals surface area contributed by atoms with Crippen LogP contribution in [0.25, 0.3) is 10.9 Å². The molecule has 1 aliphatic rings. The van der Waals surface area contributed by atoms with Crippen LogP contribution >= 0.6 is 11.6 Å². The van der Waals surface area contributed by atoms with Gasteiger partial charge >= 0.3 is 6.03 Å². The lowest BCUT2D eigenvalue weighted by Gasteiger charge is -2.24. The van der Waals surface area contributed by atoms with Crippen LogP contribution in [0, 0.1) is 0 Å². The molecule has 0 saturated carbocycles. The lowest BCUT2D eigenvalue weighted by molar-refractivity contribution is 0.174. The van der Waals surface area contributed by atoms with Crippen LogP contribution in [0.15, 0.2) is 71.5 Å². The highest BCUT2D eigenvalue weighted by Gasteiger charge is 2.20. The molecule has 2 heterocycles. The molecule has 2 N–H and O–H groups in total. The number of para-hydroxylation sites is 1. The zero-order valence-corrected chi connectivity index (χ0v) is 19.6. The molecule has 0 fully saturated rings. The van der Waals surface area contributed by atoms with Gasteiger partial charge in [0.25, 0.3) is 5.56 Å². The highest BCUT2D eigenvalue weighted by Crippen LogP contribution is 2.33. The van der Waals surface area contributed by atoms with Gasteiger partial charge in [-0.2, -0.15) is 0 Å². The van der Waals surface area contributed by atoms with Crippen molar-refractivity contribution in [1.29, 1.82) is 0 Å². The summed E-state index contributed by atoms with van der Waals surface area (Å²) < 4.78 is 16.2. The standard InChI is InChI=1S/C26H22ClN3O5/c1-33-19-7-8-21-17(12-19)11-18(25(31)28-21)14-30(26(32)29-22-5-3-2-4-20(22)27)13-16-6-9-23-24(10-16)35-15-34-23/h2-12H,13-15H2,1H3,(H,28,31)(H,29,32). The van der Waals surface area contributed by atoms with E-state index in [0.29, 0.717) is 39.0 Å². The van der Waals surface area contributed by atoms with Crippen molar-refractivity contribution in [2.24, 2.45) is 0 Å². The molecule has 0 saturated heterocycles. The van der Waals surface area contributed by atoms with Crippen molar-refractivity contribution in [2.75, 3.05) is 19.2 Å². The van der Waals surface area contributed by atoms with Crippen molar-refractivity contribution in [3.8, 4) is 17.2 Å². The Labute approximate surface area is 206 Å². The zero-order chi connectivity index (χ0) is 24.4. The number of aromatic amines is 1. The Kier molecular flexibility index (Phi) is 6.20. The van der Waals surface area contributed by atoms with Gasteiger partial charge in [0.05, 0.1) is 24.4 Å². The van der Waals surface area contributed by atoms with E-state index in [1.54, 1.807) is 55.6 Å². The van der Waals surface area contributed by atoms with Crippen molar-refractivity contribution in [1.82, 2.24) is 9.88 Å². The lowest BCUT2D eigenvalue weighted by atomic mass is 10.1. The maximum absolute atomic E-state index is 13.4. The van der Waals surface area contributed by atoms with Gasteiger partial charge in [-0.15, -0.1) is 0 Å². The molecule has 0 atom stereocenters. The van der Waals surface area contributed by atoms with Crippen molar-refractivity contribution < 1.29 is 19.0 Å². The Morgan fingerprint density at radius 3 is 2.71 bits per heavy atom. The second-order valence-electron chi connectivity index (χ2n) is 8.03. The Hall–Kier alpha value is -4.17. The Bertz CT molecular complexity index is 1470. The van der Waals surface area contributed by atoms with Crippen molar-refractivity contribution in [2.45, 2.75) is 13.1 Å². The molecule has 0 aliphatic carbocycles. The first-order chi connectivity index (χ1) is 17.0. The monoisotopic (exact) mass is 491 g/mol. The van der Waals surface area contributed by atoms with Crippen LogP contribution in [-0.2, 0) is 13.1 Å². The lowest BCUT2D eigenvalue weighted by Crippen LogP contribution is -2.35. The van der Waals surface area contributed by atoms with Gasteiger partial charge in [0.1, 0.15) is 5.75 Å². The Balaban J connectivity index is 1.47. The van der Waals surface area contributed by atoms with E-state index in [1.807, 2.05) is 18.2 Å². The number of nitrogens with one attached hydrogen (secondary N) is 2. The highest BCUT2D eigenvalue weighted by molar-refractivity contribution is 6.33. The Morgan fingerprint density at radius 2 is 1.89 bits per heavy atom. The molecular formula is C26H22ClN3O5. The summed E-state index contributed by atoms with van der Waals surface area (Å²) in [6, 6.07) is 19.2. The number of methoxy groups -OCH3 is 1. The number of urea groups is 1. The van der Waals surface area contributed by atoms with Gasteiger partial charge in [0.15, 0.2) is 11.5 Å². The maximum Gasteiger partial charge on any atom is 0.322 e. The third-order valence-electron chi connectivity index (χ3n) is 5.70. The quantitative estimate of drug-likeness (QED) is 0.389. The maximum atomic E-state index is 13.4. The first-order valence-corrected chi connectivity index (χ1v) is 11.3. The summed E-state index contributed by atoms with van der Waals surface area (Å²) in [5.41, 5.74) is 2.14. The molecule has 5 rings (SSSR count). The number of amides is 2. The summed E-state index contributed by atoms with van der Waals surface area (Å²) in [5, 5.41) is 4.06. The van der Waals surface area contributed by atoms with E-state index in [1.165, 1.54) is 4.90 Å². The number of anilines is 1. The number of hydrogen-bond acceptors (Lipinski definition) is 5. The molecule has 8 nitrogen and oxygen atoms in total. The van der Waals surface area contributed by atoms with Gasteiger partial charge in [0.2, 0.25) is 6.79 Å². The number of carbonyl (C=O) groups excluding carboxylic acids is 1. The fourth-order valence-electron chi connectivity index (χ4n) is 3.90. The first-order valence-electron chi connectivity index (χ1n) is 10.9. The smallest absolute Gasteiger partial charge is 0.322 e. The number of ether oxygens (including phenoxy) is 3. The molecule has 35 heavy (non-hydrogen) atoms. The third kappa shape index (κ3) is 4.88. The largest absolute Gasteiger partial charge is 0.497 e. The van der Waals surface area contributed by atoms with Crippen LogP contribution in [0.4, 0.5) is 10.5 Å². The minimum atomic E-state index is -0.402. The zero-order valence-electron chi connectivity index (χ0n) is 18.8. The number of fused-ring (bicyclic) bond motifs is 2. The molecule has 0 unspecified atom stereocenters. The number of halogens is 1. The van der Waals surface area contributed by atoms with E-state index in [2.05, 4.69) is 10.3 Å². The number of pyridine rings is 1. The van der Waals surface area contributed by atoms with E-state index in [4.69, 9.17) is 25.8 Å².